The molecule has 0 aliphatic rings. The molecule has 3 N–H and O–H groups in total. The fourth-order valence-electron chi connectivity index (χ4n) is 1.42. The van der Waals surface area contributed by atoms with E-state index in [2.05, 4.69) is 10.3 Å². The number of halogens is 1. The molecule has 1 heterocycles. The van der Waals surface area contributed by atoms with E-state index in [1.165, 1.54) is 11.3 Å². The van der Waals surface area contributed by atoms with Crippen LogP contribution in [0.5, 0.6) is 0 Å². The number of hydrogen-bond donors (Lipinski definition) is 2. The smallest absolute Gasteiger partial charge is 0.259 e. The maximum Gasteiger partial charge on any atom is 0.259 e. The highest BCUT2D eigenvalue weighted by atomic mass is 35.5. The maximum atomic E-state index is 12.0. The molecule has 2 aromatic rings. The van der Waals surface area contributed by atoms with E-state index in [1.54, 1.807) is 18.2 Å². The summed E-state index contributed by atoms with van der Waals surface area (Å²) in [5.74, 6) is -0.305. The molecule has 2 rings (SSSR count). The molecule has 18 heavy (non-hydrogen) atoms. The molecule has 1 amide bonds. The Morgan fingerprint density at radius 3 is 2.78 bits per heavy atom. The van der Waals surface area contributed by atoms with Crippen molar-refractivity contribution in [1.82, 2.24) is 4.98 Å². The third-order valence-corrected chi connectivity index (χ3v) is 3.93. The number of anilines is 2. The average molecular weight is 282 g/mol. The number of nitrogen functional groups attached to an aromatic ring is 1. The largest absolute Gasteiger partial charge is 0.398 e. The molecule has 0 saturated carbocycles. The Balaban J connectivity index is 2.24. The monoisotopic (exact) mass is 281 g/mol. The molecule has 1 aromatic carbocycles. The van der Waals surface area contributed by atoms with Crippen molar-refractivity contribution in [1.29, 1.82) is 0 Å². The normalized spacial score (nSPS) is 10.4. The van der Waals surface area contributed by atoms with Gasteiger partial charge in [-0.25, -0.2) is 4.98 Å². The molecule has 4 nitrogen and oxygen atoms in total. The Labute approximate surface area is 114 Å². The van der Waals surface area contributed by atoms with Crippen molar-refractivity contribution >= 4 is 39.7 Å². The maximum absolute atomic E-state index is 12.0. The Morgan fingerprint density at radius 1 is 1.44 bits per heavy atom. The van der Waals surface area contributed by atoms with Crippen molar-refractivity contribution in [3.05, 3.63) is 39.4 Å². The van der Waals surface area contributed by atoms with E-state index in [4.69, 9.17) is 17.3 Å². The van der Waals surface area contributed by atoms with Gasteiger partial charge < -0.3 is 5.73 Å². The van der Waals surface area contributed by atoms with Crippen molar-refractivity contribution in [3.8, 4) is 0 Å². The first-order valence-corrected chi connectivity index (χ1v) is 6.48. The SMILES string of the molecule is Cc1nc(NC(=O)c2cccc(N)c2Cl)sc1C. The molecule has 0 saturated heterocycles. The number of benzene rings is 1. The molecule has 0 atom stereocenters. The molecule has 94 valence electrons. The fourth-order valence-corrected chi connectivity index (χ4v) is 2.44. The van der Waals surface area contributed by atoms with E-state index in [0.29, 0.717) is 16.4 Å². The van der Waals surface area contributed by atoms with Crippen molar-refractivity contribution in [2.45, 2.75) is 13.8 Å². The number of rotatable bonds is 2. The van der Waals surface area contributed by atoms with Crippen molar-refractivity contribution in [2.24, 2.45) is 0 Å². The summed E-state index contributed by atoms with van der Waals surface area (Å²) in [6, 6.07) is 4.96. The predicted octanol–water partition coefficient (Wildman–Crippen LogP) is 3.25. The predicted molar refractivity (Wildman–Crippen MR) is 75.4 cm³/mol. The number of hydrogen-bond acceptors (Lipinski definition) is 4. The number of nitrogens with one attached hydrogen (secondary N) is 1. The Kier molecular flexibility index (Phi) is 3.54. The molecule has 0 fully saturated rings. The van der Waals surface area contributed by atoms with Gasteiger partial charge in [0.15, 0.2) is 5.13 Å². The van der Waals surface area contributed by atoms with Gasteiger partial charge in [-0.05, 0) is 26.0 Å². The molecule has 0 unspecified atom stereocenters. The van der Waals surface area contributed by atoms with Crippen molar-refractivity contribution in [2.75, 3.05) is 11.1 Å². The Bertz CT molecular complexity index is 590. The average Bonchev–Trinajstić information content (AvgIpc) is 2.61. The van der Waals surface area contributed by atoms with E-state index in [0.717, 1.165) is 10.6 Å². The van der Waals surface area contributed by atoms with Crippen LogP contribution in [0.25, 0.3) is 0 Å². The number of aryl methyl sites for hydroxylation is 2. The minimum Gasteiger partial charge on any atom is -0.398 e. The lowest BCUT2D eigenvalue weighted by Crippen LogP contribution is -2.12. The first kappa shape index (κ1) is 12.9. The number of nitrogens with zero attached hydrogens (tertiary/aromatic N) is 1. The first-order valence-electron chi connectivity index (χ1n) is 5.28. The van der Waals surface area contributed by atoms with Gasteiger partial charge in [0.1, 0.15) is 0 Å². The second-order valence-electron chi connectivity index (χ2n) is 3.82. The number of carbonyl (C=O) groups excluding carboxylic acids is 1. The van der Waals surface area contributed by atoms with Crippen LogP contribution in [-0.4, -0.2) is 10.9 Å². The van der Waals surface area contributed by atoms with Gasteiger partial charge in [-0.3, -0.25) is 10.1 Å². The summed E-state index contributed by atoms with van der Waals surface area (Å²) >= 11 is 7.42. The fraction of sp³-hybridized carbons (Fsp3) is 0.167. The van der Waals surface area contributed by atoms with Crippen molar-refractivity contribution in [3.63, 3.8) is 0 Å². The summed E-state index contributed by atoms with van der Waals surface area (Å²) in [6.45, 7) is 3.85. The number of carbonyl (C=O) groups is 1. The molecule has 6 heteroatoms. The second kappa shape index (κ2) is 4.96. The molecule has 0 spiro atoms. The van der Waals surface area contributed by atoms with Gasteiger partial charge in [-0.15, -0.1) is 11.3 Å². The highest BCUT2D eigenvalue weighted by Gasteiger charge is 2.14. The number of thiazole rings is 1. The quantitative estimate of drug-likeness (QED) is 0.830. The van der Waals surface area contributed by atoms with Crippen LogP contribution in [0.1, 0.15) is 20.9 Å². The lowest BCUT2D eigenvalue weighted by atomic mass is 10.2. The van der Waals surface area contributed by atoms with Crippen LogP contribution in [0.3, 0.4) is 0 Å². The minimum absolute atomic E-state index is 0.264. The summed E-state index contributed by atoms with van der Waals surface area (Å²) in [4.78, 5) is 17.3. The molecular weight excluding hydrogens is 270 g/mol. The molecule has 1 aromatic heterocycles. The summed E-state index contributed by atoms with van der Waals surface area (Å²) < 4.78 is 0. The Hall–Kier alpha value is -1.59. The van der Waals surface area contributed by atoms with Crippen LogP contribution in [0, 0.1) is 13.8 Å². The molecule has 0 aliphatic heterocycles. The lowest BCUT2D eigenvalue weighted by Gasteiger charge is -2.05. The minimum atomic E-state index is -0.305. The molecule has 0 bridgehead atoms. The standard InChI is InChI=1S/C12H12ClN3OS/c1-6-7(2)18-12(15-6)16-11(17)8-4-3-5-9(14)10(8)13/h3-5H,14H2,1-2H3,(H,15,16,17). The summed E-state index contributed by atoms with van der Waals surface area (Å²) in [6.07, 6.45) is 0. The van der Waals surface area contributed by atoms with Crippen LogP contribution in [0.15, 0.2) is 18.2 Å². The second-order valence-corrected chi connectivity index (χ2v) is 5.40. The van der Waals surface area contributed by atoms with Crippen LogP contribution >= 0.6 is 22.9 Å². The van der Waals surface area contributed by atoms with E-state index >= 15 is 0 Å². The number of amides is 1. The molecule has 0 aliphatic carbocycles. The zero-order valence-electron chi connectivity index (χ0n) is 9.95. The van der Waals surface area contributed by atoms with Gasteiger partial charge in [-0.2, -0.15) is 0 Å². The van der Waals surface area contributed by atoms with Crippen LogP contribution in [0.4, 0.5) is 10.8 Å². The third-order valence-electron chi connectivity index (χ3n) is 2.52. The number of nitrogens with two attached hydrogens (primary N) is 1. The summed E-state index contributed by atoms with van der Waals surface area (Å²) in [5.41, 5.74) is 7.30. The van der Waals surface area contributed by atoms with Gasteiger partial charge in [0, 0.05) is 4.88 Å². The topological polar surface area (TPSA) is 68.0 Å². The van der Waals surface area contributed by atoms with Gasteiger partial charge in [0.25, 0.3) is 5.91 Å². The van der Waals surface area contributed by atoms with E-state index < -0.39 is 0 Å². The highest BCUT2D eigenvalue weighted by Crippen LogP contribution is 2.26. The number of aromatic nitrogens is 1. The van der Waals surface area contributed by atoms with E-state index in [1.807, 2.05) is 13.8 Å². The third kappa shape index (κ3) is 2.47. The van der Waals surface area contributed by atoms with Crippen molar-refractivity contribution < 1.29 is 4.79 Å². The summed E-state index contributed by atoms with van der Waals surface area (Å²) in [7, 11) is 0. The van der Waals surface area contributed by atoms with E-state index in [9.17, 15) is 4.79 Å². The van der Waals surface area contributed by atoms with Crippen LogP contribution in [0.2, 0.25) is 5.02 Å². The van der Waals surface area contributed by atoms with Gasteiger partial charge in [0.05, 0.1) is 22.0 Å². The molecular formula is C12H12ClN3OS. The lowest BCUT2D eigenvalue weighted by molar-refractivity contribution is 0.102. The van der Waals surface area contributed by atoms with E-state index in [-0.39, 0.29) is 10.9 Å². The first-order chi connectivity index (χ1) is 8.49. The molecule has 0 radical (unpaired) electrons. The van der Waals surface area contributed by atoms with Gasteiger partial charge >= 0.3 is 0 Å². The van der Waals surface area contributed by atoms with Crippen LogP contribution < -0.4 is 11.1 Å². The zero-order valence-corrected chi connectivity index (χ0v) is 11.5. The van der Waals surface area contributed by atoms with Gasteiger partial charge in [-0.1, -0.05) is 17.7 Å². The zero-order chi connectivity index (χ0) is 13.3. The van der Waals surface area contributed by atoms with Gasteiger partial charge in [0.2, 0.25) is 0 Å². The summed E-state index contributed by atoms with van der Waals surface area (Å²) in [5, 5.41) is 3.54. The highest BCUT2D eigenvalue weighted by molar-refractivity contribution is 7.15. The Morgan fingerprint density at radius 2 is 2.17 bits per heavy atom. The van der Waals surface area contributed by atoms with Crippen LogP contribution in [-0.2, 0) is 0 Å².